The van der Waals surface area contributed by atoms with Crippen molar-refractivity contribution < 1.29 is 5.11 Å². The molecule has 90 valence electrons. The number of anilines is 1. The van der Waals surface area contributed by atoms with Gasteiger partial charge >= 0.3 is 0 Å². The Morgan fingerprint density at radius 1 is 1.59 bits per heavy atom. The van der Waals surface area contributed by atoms with Gasteiger partial charge in [-0.1, -0.05) is 18.2 Å². The summed E-state index contributed by atoms with van der Waals surface area (Å²) in [5.74, 6) is 0. The highest BCUT2D eigenvalue weighted by molar-refractivity contribution is 5.58. The van der Waals surface area contributed by atoms with Crippen LogP contribution in [0.1, 0.15) is 31.1 Å². The summed E-state index contributed by atoms with van der Waals surface area (Å²) >= 11 is 0. The van der Waals surface area contributed by atoms with Crippen LogP contribution in [0.2, 0.25) is 0 Å². The van der Waals surface area contributed by atoms with Crippen LogP contribution in [0.25, 0.3) is 0 Å². The molecule has 1 rings (SSSR count). The lowest BCUT2D eigenvalue weighted by Crippen LogP contribution is -2.21. The van der Waals surface area contributed by atoms with Crippen LogP contribution in [-0.4, -0.2) is 18.7 Å². The maximum absolute atomic E-state index is 9.72. The van der Waals surface area contributed by atoms with Gasteiger partial charge < -0.3 is 10.0 Å². The molecule has 1 N–H and O–H groups in total. The van der Waals surface area contributed by atoms with Gasteiger partial charge in [-0.15, -0.1) is 0 Å². The molecule has 0 aliphatic carbocycles. The number of nitrogens with zero attached hydrogens (tertiary/aromatic N) is 2. The smallest absolute Gasteiger partial charge is 0.0992 e. The number of aliphatic hydroxyl groups excluding tert-OH is 1. The van der Waals surface area contributed by atoms with E-state index in [1.54, 1.807) is 25.1 Å². The molecule has 1 aromatic rings. The van der Waals surface area contributed by atoms with Gasteiger partial charge in [-0.05, 0) is 26.0 Å². The summed E-state index contributed by atoms with van der Waals surface area (Å²) in [6, 6.07) is 7.43. The Morgan fingerprint density at radius 2 is 2.24 bits per heavy atom. The number of hydrogen-bond donors (Lipinski definition) is 1. The molecule has 17 heavy (non-hydrogen) atoms. The van der Waals surface area contributed by atoms with Gasteiger partial charge in [0.05, 0.1) is 17.7 Å². The molecule has 3 nitrogen and oxygen atoms in total. The zero-order valence-electron chi connectivity index (χ0n) is 10.6. The monoisotopic (exact) mass is 230 g/mol. The van der Waals surface area contributed by atoms with Crippen LogP contribution in [0.5, 0.6) is 0 Å². The maximum atomic E-state index is 9.72. The van der Waals surface area contributed by atoms with E-state index in [-0.39, 0.29) is 0 Å². The molecule has 0 saturated heterocycles. The molecule has 1 unspecified atom stereocenters. The fourth-order valence-corrected chi connectivity index (χ4v) is 1.79. The fourth-order valence-electron chi connectivity index (χ4n) is 1.79. The number of benzene rings is 1. The average Bonchev–Trinajstić information content (AvgIpc) is 2.27. The summed E-state index contributed by atoms with van der Waals surface area (Å²) in [5.41, 5.74) is 3.33. The summed E-state index contributed by atoms with van der Waals surface area (Å²) < 4.78 is 0. The summed E-state index contributed by atoms with van der Waals surface area (Å²) in [4.78, 5) is 1.99. The van der Waals surface area contributed by atoms with E-state index in [9.17, 15) is 5.11 Å². The second-order valence-electron chi connectivity index (χ2n) is 4.37. The standard InChI is InChI=1S/C14H18N2O/c1-10(2)9-16(4)14-7-12(8-15)5-6-13(14)11(3)17/h5-7,11,17H,1,9H2,2-4H3. The Kier molecular flexibility index (Phi) is 4.30. The van der Waals surface area contributed by atoms with Crippen LogP contribution in [0.4, 0.5) is 5.69 Å². The first-order valence-corrected chi connectivity index (χ1v) is 5.53. The van der Waals surface area contributed by atoms with Gasteiger partial charge in [0.15, 0.2) is 0 Å². The van der Waals surface area contributed by atoms with Crippen molar-refractivity contribution in [3.05, 3.63) is 41.5 Å². The molecule has 0 aliphatic heterocycles. The molecule has 0 heterocycles. The Morgan fingerprint density at radius 3 is 2.71 bits per heavy atom. The second-order valence-corrected chi connectivity index (χ2v) is 4.37. The minimum atomic E-state index is -0.551. The molecule has 0 aliphatic rings. The van der Waals surface area contributed by atoms with Gasteiger partial charge in [0.2, 0.25) is 0 Å². The fraction of sp³-hybridized carbons (Fsp3) is 0.357. The van der Waals surface area contributed by atoms with Crippen molar-refractivity contribution in [3.63, 3.8) is 0 Å². The predicted molar refractivity (Wildman–Crippen MR) is 69.9 cm³/mol. The van der Waals surface area contributed by atoms with Crippen molar-refractivity contribution in [1.29, 1.82) is 5.26 Å². The SMILES string of the molecule is C=C(C)CN(C)c1cc(C#N)ccc1C(C)O. The van der Waals surface area contributed by atoms with Gasteiger partial charge in [0.25, 0.3) is 0 Å². The van der Waals surface area contributed by atoms with E-state index in [0.717, 1.165) is 16.8 Å². The maximum Gasteiger partial charge on any atom is 0.0992 e. The zero-order chi connectivity index (χ0) is 13.0. The summed E-state index contributed by atoms with van der Waals surface area (Å²) in [7, 11) is 1.93. The molecule has 1 aromatic carbocycles. The van der Waals surface area contributed by atoms with Crippen LogP contribution >= 0.6 is 0 Å². The van der Waals surface area contributed by atoms with Gasteiger partial charge in [-0.25, -0.2) is 0 Å². The van der Waals surface area contributed by atoms with E-state index in [2.05, 4.69) is 12.6 Å². The third kappa shape index (κ3) is 3.33. The lowest BCUT2D eigenvalue weighted by atomic mass is 10.0. The molecule has 0 bridgehead atoms. The summed E-state index contributed by atoms with van der Waals surface area (Å²) in [6.45, 7) is 8.24. The van der Waals surface area contributed by atoms with E-state index in [4.69, 9.17) is 5.26 Å². The molecular weight excluding hydrogens is 212 g/mol. The molecule has 0 radical (unpaired) electrons. The van der Waals surface area contributed by atoms with Crippen LogP contribution in [0, 0.1) is 11.3 Å². The number of rotatable bonds is 4. The highest BCUT2D eigenvalue weighted by Crippen LogP contribution is 2.27. The molecule has 3 heteroatoms. The molecule has 0 spiro atoms. The van der Waals surface area contributed by atoms with Crippen molar-refractivity contribution in [3.8, 4) is 6.07 Å². The summed E-state index contributed by atoms with van der Waals surface area (Å²) in [5, 5.41) is 18.6. The van der Waals surface area contributed by atoms with E-state index in [0.29, 0.717) is 12.1 Å². The van der Waals surface area contributed by atoms with Gasteiger partial charge in [-0.2, -0.15) is 5.26 Å². The van der Waals surface area contributed by atoms with Crippen LogP contribution < -0.4 is 4.90 Å². The first-order chi connectivity index (χ1) is 7.95. The van der Waals surface area contributed by atoms with Crippen molar-refractivity contribution >= 4 is 5.69 Å². The first-order valence-electron chi connectivity index (χ1n) is 5.53. The van der Waals surface area contributed by atoms with E-state index in [1.165, 1.54) is 0 Å². The Labute approximate surface area is 103 Å². The largest absolute Gasteiger partial charge is 0.389 e. The predicted octanol–water partition coefficient (Wildman–Crippen LogP) is 2.62. The quantitative estimate of drug-likeness (QED) is 0.809. The first kappa shape index (κ1) is 13.3. The van der Waals surface area contributed by atoms with E-state index < -0.39 is 6.10 Å². The molecule has 0 aromatic heterocycles. The van der Waals surface area contributed by atoms with Gasteiger partial charge in [0, 0.05) is 24.8 Å². The van der Waals surface area contributed by atoms with Gasteiger partial charge in [0.1, 0.15) is 0 Å². The highest BCUT2D eigenvalue weighted by Gasteiger charge is 2.12. The van der Waals surface area contributed by atoms with E-state index >= 15 is 0 Å². The highest BCUT2D eigenvalue weighted by atomic mass is 16.3. The van der Waals surface area contributed by atoms with Crippen molar-refractivity contribution in [1.82, 2.24) is 0 Å². The minimum absolute atomic E-state index is 0.551. The Bertz CT molecular complexity index is 458. The Balaban J connectivity index is 3.18. The minimum Gasteiger partial charge on any atom is -0.389 e. The van der Waals surface area contributed by atoms with Crippen molar-refractivity contribution in [2.45, 2.75) is 20.0 Å². The van der Waals surface area contributed by atoms with Crippen LogP contribution in [0.3, 0.4) is 0 Å². The van der Waals surface area contributed by atoms with Crippen molar-refractivity contribution in [2.24, 2.45) is 0 Å². The van der Waals surface area contributed by atoms with Crippen molar-refractivity contribution in [2.75, 3.05) is 18.5 Å². The number of aliphatic hydroxyl groups is 1. The number of likely N-dealkylation sites (N-methyl/N-ethyl adjacent to an activating group) is 1. The lowest BCUT2D eigenvalue weighted by Gasteiger charge is -2.24. The zero-order valence-corrected chi connectivity index (χ0v) is 10.6. The van der Waals surface area contributed by atoms with Crippen LogP contribution in [-0.2, 0) is 0 Å². The third-order valence-corrected chi connectivity index (χ3v) is 2.53. The van der Waals surface area contributed by atoms with Crippen LogP contribution in [0.15, 0.2) is 30.4 Å². The molecule has 0 saturated carbocycles. The Hall–Kier alpha value is -1.79. The normalized spacial score (nSPS) is 11.7. The van der Waals surface area contributed by atoms with Gasteiger partial charge in [-0.3, -0.25) is 0 Å². The molecule has 0 amide bonds. The lowest BCUT2D eigenvalue weighted by molar-refractivity contribution is 0.199. The van der Waals surface area contributed by atoms with E-state index in [1.807, 2.05) is 18.9 Å². The third-order valence-electron chi connectivity index (χ3n) is 2.53. The molecule has 0 fully saturated rings. The number of nitriles is 1. The average molecular weight is 230 g/mol. The molecule has 1 atom stereocenters. The summed E-state index contributed by atoms with van der Waals surface area (Å²) in [6.07, 6.45) is -0.551. The topological polar surface area (TPSA) is 47.3 Å². The number of hydrogen-bond acceptors (Lipinski definition) is 3. The molecular formula is C14H18N2O. The second kappa shape index (κ2) is 5.51.